The summed E-state index contributed by atoms with van der Waals surface area (Å²) in [6.07, 6.45) is 0.433. The molecule has 0 atom stereocenters. The lowest BCUT2D eigenvalue weighted by Gasteiger charge is -2.16. The van der Waals surface area contributed by atoms with Gasteiger partial charge in [0.2, 0.25) is 5.91 Å². The quantitative estimate of drug-likeness (QED) is 0.720. The maximum Gasteiger partial charge on any atom is 0.224 e. The van der Waals surface area contributed by atoms with Crippen LogP contribution < -0.4 is 0 Å². The summed E-state index contributed by atoms with van der Waals surface area (Å²) in [5.41, 5.74) is 0. The number of thiophene rings is 1. The zero-order chi connectivity index (χ0) is 13.5. The molecule has 0 aliphatic rings. The van der Waals surface area contributed by atoms with Crippen molar-refractivity contribution in [3.63, 3.8) is 0 Å². The number of rotatable bonds is 7. The number of halogens is 1. The molecule has 0 fully saturated rings. The standard InChI is InChI=1S/C13H20ClNO2S/c1-10(2)9-17-7-6-13(16)15(3)8-11-4-5-12(14)18-11/h4-5,10H,6-9H2,1-3H3. The van der Waals surface area contributed by atoms with Crippen LogP contribution in [0.3, 0.4) is 0 Å². The Bertz CT molecular complexity index is 379. The van der Waals surface area contributed by atoms with E-state index < -0.39 is 0 Å². The molecule has 0 aliphatic heterocycles. The summed E-state index contributed by atoms with van der Waals surface area (Å²) in [5, 5.41) is 0. The van der Waals surface area contributed by atoms with Gasteiger partial charge in [-0.15, -0.1) is 11.3 Å². The summed E-state index contributed by atoms with van der Waals surface area (Å²) >= 11 is 7.36. The number of carbonyl (C=O) groups is 1. The van der Waals surface area contributed by atoms with Gasteiger partial charge in [0.05, 0.1) is 23.9 Å². The molecule has 1 amide bonds. The first-order valence-corrected chi connectivity index (χ1v) is 7.24. The van der Waals surface area contributed by atoms with Crippen LogP contribution in [-0.2, 0) is 16.1 Å². The highest BCUT2D eigenvalue weighted by Gasteiger charge is 2.10. The van der Waals surface area contributed by atoms with Crippen LogP contribution in [0.25, 0.3) is 0 Å². The highest BCUT2D eigenvalue weighted by Crippen LogP contribution is 2.22. The highest BCUT2D eigenvalue weighted by molar-refractivity contribution is 7.16. The van der Waals surface area contributed by atoms with E-state index in [-0.39, 0.29) is 5.91 Å². The fourth-order valence-corrected chi connectivity index (χ4v) is 2.57. The minimum Gasteiger partial charge on any atom is -0.381 e. The van der Waals surface area contributed by atoms with E-state index in [4.69, 9.17) is 16.3 Å². The molecule has 18 heavy (non-hydrogen) atoms. The molecule has 3 nitrogen and oxygen atoms in total. The Morgan fingerprint density at radius 1 is 1.50 bits per heavy atom. The molecule has 1 heterocycles. The van der Waals surface area contributed by atoms with Crippen molar-refractivity contribution in [2.45, 2.75) is 26.8 Å². The molecule has 0 aliphatic carbocycles. The molecule has 1 aromatic rings. The Morgan fingerprint density at radius 2 is 2.22 bits per heavy atom. The van der Waals surface area contributed by atoms with Gasteiger partial charge >= 0.3 is 0 Å². The summed E-state index contributed by atoms with van der Waals surface area (Å²) in [4.78, 5) is 14.6. The summed E-state index contributed by atoms with van der Waals surface area (Å²) in [5.74, 6) is 0.606. The van der Waals surface area contributed by atoms with Crippen LogP contribution >= 0.6 is 22.9 Å². The lowest BCUT2D eigenvalue weighted by Crippen LogP contribution is -2.26. The molecular formula is C13H20ClNO2S. The van der Waals surface area contributed by atoms with E-state index in [1.54, 1.807) is 11.9 Å². The molecule has 102 valence electrons. The Labute approximate surface area is 118 Å². The van der Waals surface area contributed by atoms with Gasteiger partial charge in [0.15, 0.2) is 0 Å². The first-order valence-electron chi connectivity index (χ1n) is 6.05. The summed E-state index contributed by atoms with van der Waals surface area (Å²) in [6, 6.07) is 3.80. The lowest BCUT2D eigenvalue weighted by atomic mass is 10.2. The largest absolute Gasteiger partial charge is 0.381 e. The molecule has 1 aromatic heterocycles. The molecule has 0 saturated carbocycles. The first kappa shape index (κ1) is 15.5. The smallest absolute Gasteiger partial charge is 0.224 e. The Balaban J connectivity index is 2.24. The second-order valence-corrected chi connectivity index (χ2v) is 6.47. The van der Waals surface area contributed by atoms with Gasteiger partial charge in [-0.2, -0.15) is 0 Å². The van der Waals surface area contributed by atoms with Gasteiger partial charge < -0.3 is 9.64 Å². The predicted octanol–water partition coefficient (Wildman–Crippen LogP) is 3.42. The SMILES string of the molecule is CC(C)COCCC(=O)N(C)Cc1ccc(Cl)s1. The summed E-state index contributed by atoms with van der Waals surface area (Å²) in [6.45, 7) is 5.99. The maximum atomic E-state index is 11.8. The molecule has 0 bridgehead atoms. The summed E-state index contributed by atoms with van der Waals surface area (Å²) < 4.78 is 6.16. The van der Waals surface area contributed by atoms with Crippen LogP contribution in [0.2, 0.25) is 4.34 Å². The zero-order valence-corrected chi connectivity index (χ0v) is 12.7. The van der Waals surface area contributed by atoms with E-state index in [1.165, 1.54) is 11.3 Å². The Morgan fingerprint density at radius 3 is 2.78 bits per heavy atom. The molecule has 5 heteroatoms. The highest BCUT2D eigenvalue weighted by atomic mass is 35.5. The monoisotopic (exact) mass is 289 g/mol. The van der Waals surface area contributed by atoms with E-state index in [9.17, 15) is 4.79 Å². The van der Waals surface area contributed by atoms with E-state index in [2.05, 4.69) is 13.8 Å². The number of hydrogen-bond acceptors (Lipinski definition) is 3. The third kappa shape index (κ3) is 5.85. The third-order valence-electron chi connectivity index (χ3n) is 2.36. The second-order valence-electron chi connectivity index (χ2n) is 4.67. The van der Waals surface area contributed by atoms with Crippen molar-refractivity contribution in [1.82, 2.24) is 4.90 Å². The van der Waals surface area contributed by atoms with Gasteiger partial charge in [0.25, 0.3) is 0 Å². The molecule has 0 N–H and O–H groups in total. The molecule has 0 unspecified atom stereocenters. The van der Waals surface area contributed by atoms with Crippen molar-refractivity contribution >= 4 is 28.8 Å². The van der Waals surface area contributed by atoms with Crippen molar-refractivity contribution in [1.29, 1.82) is 0 Å². The van der Waals surface area contributed by atoms with E-state index in [1.807, 2.05) is 12.1 Å². The number of amides is 1. The van der Waals surface area contributed by atoms with E-state index in [0.717, 1.165) is 9.21 Å². The minimum atomic E-state index is 0.100. The zero-order valence-electron chi connectivity index (χ0n) is 11.1. The van der Waals surface area contributed by atoms with Crippen LogP contribution in [0.5, 0.6) is 0 Å². The Hall–Kier alpha value is -0.580. The summed E-state index contributed by atoms with van der Waals surface area (Å²) in [7, 11) is 1.80. The number of carbonyl (C=O) groups excluding carboxylic acids is 1. The molecule has 0 saturated heterocycles. The molecule has 1 rings (SSSR count). The number of nitrogens with zero attached hydrogens (tertiary/aromatic N) is 1. The normalized spacial score (nSPS) is 10.9. The maximum absolute atomic E-state index is 11.8. The average Bonchev–Trinajstić information content (AvgIpc) is 2.69. The number of ether oxygens (including phenoxy) is 1. The van der Waals surface area contributed by atoms with Crippen molar-refractivity contribution in [2.75, 3.05) is 20.3 Å². The molecule has 0 spiro atoms. The average molecular weight is 290 g/mol. The van der Waals surface area contributed by atoms with Crippen LogP contribution in [0, 0.1) is 5.92 Å². The topological polar surface area (TPSA) is 29.5 Å². The predicted molar refractivity (Wildman–Crippen MR) is 76.1 cm³/mol. The van der Waals surface area contributed by atoms with Gasteiger partial charge in [-0.25, -0.2) is 0 Å². The van der Waals surface area contributed by atoms with Crippen LogP contribution in [-0.4, -0.2) is 31.1 Å². The van der Waals surface area contributed by atoms with Crippen molar-refractivity contribution in [3.8, 4) is 0 Å². The molecule has 0 radical (unpaired) electrons. The van der Waals surface area contributed by atoms with E-state index >= 15 is 0 Å². The lowest BCUT2D eigenvalue weighted by molar-refractivity contribution is -0.131. The minimum absolute atomic E-state index is 0.100. The Kier molecular flexibility index (Phi) is 6.68. The fraction of sp³-hybridized carbons (Fsp3) is 0.615. The van der Waals surface area contributed by atoms with Crippen LogP contribution in [0.1, 0.15) is 25.1 Å². The van der Waals surface area contributed by atoms with Crippen molar-refractivity contribution < 1.29 is 9.53 Å². The van der Waals surface area contributed by atoms with Gasteiger partial charge in [-0.3, -0.25) is 4.79 Å². The third-order valence-corrected chi connectivity index (χ3v) is 3.57. The van der Waals surface area contributed by atoms with Crippen LogP contribution in [0.4, 0.5) is 0 Å². The van der Waals surface area contributed by atoms with E-state index in [0.29, 0.717) is 32.1 Å². The second kappa shape index (κ2) is 7.77. The molecule has 0 aromatic carbocycles. The number of hydrogen-bond donors (Lipinski definition) is 0. The first-order chi connectivity index (χ1) is 8.49. The van der Waals surface area contributed by atoms with Crippen molar-refractivity contribution in [2.24, 2.45) is 5.92 Å². The van der Waals surface area contributed by atoms with Crippen LogP contribution in [0.15, 0.2) is 12.1 Å². The van der Waals surface area contributed by atoms with Gasteiger partial charge in [-0.1, -0.05) is 25.4 Å². The van der Waals surface area contributed by atoms with Gasteiger partial charge in [-0.05, 0) is 18.1 Å². The molecular weight excluding hydrogens is 270 g/mol. The fourth-order valence-electron chi connectivity index (χ4n) is 1.43. The van der Waals surface area contributed by atoms with Crippen molar-refractivity contribution in [3.05, 3.63) is 21.3 Å². The van der Waals surface area contributed by atoms with Gasteiger partial charge in [0.1, 0.15) is 0 Å². The van der Waals surface area contributed by atoms with Gasteiger partial charge in [0, 0.05) is 18.5 Å².